The highest BCUT2D eigenvalue weighted by molar-refractivity contribution is 6.81. The minimum absolute atomic E-state index is 1.26. The highest BCUT2D eigenvalue weighted by atomic mass is 28.3. The van der Waals surface area contributed by atoms with Gasteiger partial charge in [0.25, 0.3) is 0 Å². The van der Waals surface area contributed by atoms with Gasteiger partial charge >= 0.3 is 0 Å². The maximum atomic E-state index is 4.11. The van der Waals surface area contributed by atoms with Crippen LogP contribution in [0.1, 0.15) is 47.0 Å². The van der Waals surface area contributed by atoms with Gasteiger partial charge in [0.05, 0.1) is 0 Å². The maximum absolute atomic E-state index is 4.11. The van der Waals surface area contributed by atoms with Gasteiger partial charge in [0.2, 0.25) is 0 Å². The molecule has 0 spiro atoms. The summed E-state index contributed by atoms with van der Waals surface area (Å²) in [7, 11) is -1.31. The largest absolute Gasteiger partial charge is 0.320 e. The Morgan fingerprint density at radius 1 is 1.00 bits per heavy atom. The van der Waals surface area contributed by atoms with Crippen molar-refractivity contribution in [2.45, 2.75) is 59.0 Å². The summed E-state index contributed by atoms with van der Waals surface area (Å²) in [5.74, 6) is 0. The summed E-state index contributed by atoms with van der Waals surface area (Å²) in [6, 6.07) is 2.63. The van der Waals surface area contributed by atoms with E-state index in [2.05, 4.69) is 44.5 Å². The van der Waals surface area contributed by atoms with Crippen LogP contribution in [0.15, 0.2) is 12.3 Å². The van der Waals surface area contributed by atoms with Crippen molar-refractivity contribution in [3.8, 4) is 0 Å². The number of hydrogen-bond donors (Lipinski definition) is 0. The minimum atomic E-state index is -1.31. The molecule has 0 N–H and O–H groups in total. The van der Waals surface area contributed by atoms with Crippen LogP contribution in [0.2, 0.25) is 12.1 Å². The predicted octanol–water partition coefficient (Wildman–Crippen LogP) is 4.21. The van der Waals surface area contributed by atoms with E-state index in [1.165, 1.54) is 44.4 Å². The number of hydrogen-bond acceptors (Lipinski definition) is 1. The molecule has 0 amide bonds. The van der Waals surface area contributed by atoms with E-state index in [0.717, 1.165) is 0 Å². The molecule has 0 aromatic heterocycles. The predicted molar refractivity (Wildman–Crippen MR) is 73.7 cm³/mol. The zero-order valence-corrected chi connectivity index (χ0v) is 12.2. The summed E-state index contributed by atoms with van der Waals surface area (Å²) < 4.78 is 2.77. The first-order chi connectivity index (χ1) is 7.20. The van der Waals surface area contributed by atoms with Crippen molar-refractivity contribution in [3.63, 3.8) is 0 Å². The standard InChI is InChI=1S/C13H29NSi/c1-6-11-13-14(12-7-2)15(8-3,9-4)10-5/h8H,3,6-7,9-13H2,1-2,4-5H3. The summed E-state index contributed by atoms with van der Waals surface area (Å²) in [6.07, 6.45) is 3.91. The lowest BCUT2D eigenvalue weighted by atomic mass is 10.3. The van der Waals surface area contributed by atoms with Gasteiger partial charge in [-0.05, 0) is 38.0 Å². The summed E-state index contributed by atoms with van der Waals surface area (Å²) in [6.45, 7) is 15.9. The van der Waals surface area contributed by atoms with Crippen molar-refractivity contribution in [2.75, 3.05) is 13.1 Å². The second kappa shape index (κ2) is 8.11. The Labute approximate surface area is 97.6 Å². The number of unbranched alkanes of at least 4 members (excludes halogenated alkanes) is 1. The summed E-state index contributed by atoms with van der Waals surface area (Å²) in [5.41, 5.74) is 2.30. The van der Waals surface area contributed by atoms with Gasteiger partial charge in [0.1, 0.15) is 0 Å². The molecule has 0 aromatic carbocycles. The zero-order valence-electron chi connectivity index (χ0n) is 11.2. The topological polar surface area (TPSA) is 3.24 Å². The van der Waals surface area contributed by atoms with E-state index in [0.29, 0.717) is 0 Å². The van der Waals surface area contributed by atoms with Crippen molar-refractivity contribution in [1.82, 2.24) is 4.57 Å². The summed E-state index contributed by atoms with van der Waals surface area (Å²) in [5, 5.41) is 0. The van der Waals surface area contributed by atoms with Gasteiger partial charge in [-0.15, -0.1) is 6.58 Å². The van der Waals surface area contributed by atoms with Crippen LogP contribution in [0.5, 0.6) is 0 Å². The van der Waals surface area contributed by atoms with Crippen molar-refractivity contribution >= 4 is 8.24 Å². The van der Waals surface area contributed by atoms with Gasteiger partial charge in [0.15, 0.2) is 8.24 Å². The van der Waals surface area contributed by atoms with Crippen LogP contribution in [0.4, 0.5) is 0 Å². The molecule has 0 aliphatic rings. The Morgan fingerprint density at radius 3 is 1.93 bits per heavy atom. The third-order valence-corrected chi connectivity index (χ3v) is 8.43. The Hall–Kier alpha value is -0.0831. The maximum Gasteiger partial charge on any atom is 0.151 e. The monoisotopic (exact) mass is 227 g/mol. The van der Waals surface area contributed by atoms with Crippen LogP contribution in [0.25, 0.3) is 0 Å². The fourth-order valence-electron chi connectivity index (χ4n) is 2.29. The molecule has 0 unspecified atom stereocenters. The van der Waals surface area contributed by atoms with Crippen LogP contribution >= 0.6 is 0 Å². The quantitative estimate of drug-likeness (QED) is 0.533. The normalized spacial score (nSPS) is 12.1. The van der Waals surface area contributed by atoms with Gasteiger partial charge in [-0.2, -0.15) is 0 Å². The first-order valence-corrected chi connectivity index (χ1v) is 9.03. The van der Waals surface area contributed by atoms with Crippen LogP contribution in [0, 0.1) is 0 Å². The molecular formula is C13H29NSi. The molecule has 0 saturated carbocycles. The van der Waals surface area contributed by atoms with E-state index in [1.807, 2.05) is 0 Å². The lowest BCUT2D eigenvalue weighted by molar-refractivity contribution is 0.407. The second-order valence-electron chi connectivity index (χ2n) is 4.36. The molecule has 0 aliphatic carbocycles. The van der Waals surface area contributed by atoms with Gasteiger partial charge in [0, 0.05) is 0 Å². The van der Waals surface area contributed by atoms with Gasteiger partial charge in [-0.3, -0.25) is 0 Å². The number of nitrogens with zero attached hydrogens (tertiary/aromatic N) is 1. The van der Waals surface area contributed by atoms with Crippen molar-refractivity contribution in [1.29, 1.82) is 0 Å². The third kappa shape index (κ3) is 4.11. The molecule has 0 radical (unpaired) electrons. The molecule has 15 heavy (non-hydrogen) atoms. The summed E-state index contributed by atoms with van der Waals surface area (Å²) in [4.78, 5) is 0. The SMILES string of the molecule is C=C[Si](CC)(CC)N(CCC)CCCC. The van der Waals surface area contributed by atoms with E-state index < -0.39 is 8.24 Å². The van der Waals surface area contributed by atoms with Crippen molar-refractivity contribution in [2.24, 2.45) is 0 Å². The molecular weight excluding hydrogens is 198 g/mol. The molecule has 90 valence electrons. The molecule has 0 aromatic rings. The third-order valence-electron chi connectivity index (χ3n) is 3.51. The van der Waals surface area contributed by atoms with Crippen LogP contribution in [-0.4, -0.2) is 25.9 Å². The lowest BCUT2D eigenvalue weighted by Crippen LogP contribution is -2.52. The fraction of sp³-hybridized carbons (Fsp3) is 0.846. The molecule has 0 rings (SSSR count). The average Bonchev–Trinajstić information content (AvgIpc) is 2.28. The Morgan fingerprint density at radius 2 is 1.60 bits per heavy atom. The second-order valence-corrected chi connectivity index (χ2v) is 9.02. The van der Waals surface area contributed by atoms with Gasteiger partial charge in [-0.1, -0.05) is 39.8 Å². The van der Waals surface area contributed by atoms with Crippen molar-refractivity contribution < 1.29 is 0 Å². The Kier molecular flexibility index (Phi) is 8.07. The average molecular weight is 227 g/mol. The van der Waals surface area contributed by atoms with Crippen molar-refractivity contribution in [3.05, 3.63) is 12.3 Å². The van der Waals surface area contributed by atoms with E-state index >= 15 is 0 Å². The molecule has 0 heterocycles. The first kappa shape index (κ1) is 14.9. The summed E-state index contributed by atoms with van der Waals surface area (Å²) >= 11 is 0. The molecule has 0 bridgehead atoms. The fourth-order valence-corrected chi connectivity index (χ4v) is 5.79. The van der Waals surface area contributed by atoms with E-state index in [9.17, 15) is 0 Å². The highest BCUT2D eigenvalue weighted by Crippen LogP contribution is 2.22. The Balaban J connectivity index is 4.57. The molecule has 0 atom stereocenters. The zero-order chi connectivity index (χ0) is 11.7. The molecule has 0 aliphatic heterocycles. The van der Waals surface area contributed by atoms with E-state index in [1.54, 1.807) is 0 Å². The van der Waals surface area contributed by atoms with Gasteiger partial charge in [-0.25, -0.2) is 0 Å². The minimum Gasteiger partial charge on any atom is -0.320 e. The lowest BCUT2D eigenvalue weighted by Gasteiger charge is -2.39. The van der Waals surface area contributed by atoms with Crippen LogP contribution < -0.4 is 0 Å². The highest BCUT2D eigenvalue weighted by Gasteiger charge is 2.31. The number of rotatable bonds is 9. The molecule has 1 nitrogen and oxygen atoms in total. The smallest absolute Gasteiger partial charge is 0.151 e. The molecule has 2 heteroatoms. The Bertz CT molecular complexity index is 164. The first-order valence-electron chi connectivity index (χ1n) is 6.59. The molecule has 0 fully saturated rings. The van der Waals surface area contributed by atoms with Gasteiger partial charge < -0.3 is 4.57 Å². The van der Waals surface area contributed by atoms with Crippen LogP contribution in [-0.2, 0) is 0 Å². The van der Waals surface area contributed by atoms with E-state index in [4.69, 9.17) is 0 Å². The van der Waals surface area contributed by atoms with E-state index in [-0.39, 0.29) is 0 Å². The molecule has 0 saturated heterocycles. The van der Waals surface area contributed by atoms with Crippen LogP contribution in [0.3, 0.4) is 0 Å².